The van der Waals surface area contributed by atoms with Gasteiger partial charge in [-0.1, -0.05) is 36.2 Å². The highest BCUT2D eigenvalue weighted by molar-refractivity contribution is 5.31. The van der Waals surface area contributed by atoms with E-state index in [4.69, 9.17) is 0 Å². The Hall–Kier alpha value is -0.860. The number of hydrogen-bond donors (Lipinski definition) is 2. The number of rotatable bonds is 4. The molecule has 2 aliphatic rings. The zero-order valence-corrected chi connectivity index (χ0v) is 10.6. The van der Waals surface area contributed by atoms with Gasteiger partial charge in [0.2, 0.25) is 0 Å². The summed E-state index contributed by atoms with van der Waals surface area (Å²) < 4.78 is 0. The number of aryl methyl sites for hydroxylation is 1. The van der Waals surface area contributed by atoms with Crippen LogP contribution in [0.5, 0.6) is 0 Å². The lowest BCUT2D eigenvalue weighted by molar-refractivity contribution is 0.213. The molecular weight excluding hydrogens is 208 g/mol. The lowest BCUT2D eigenvalue weighted by Gasteiger charge is -2.44. The molecule has 3 rings (SSSR count). The molecule has 1 saturated carbocycles. The Morgan fingerprint density at radius 1 is 1.24 bits per heavy atom. The van der Waals surface area contributed by atoms with E-state index in [2.05, 4.69) is 41.8 Å². The minimum Gasteiger partial charge on any atom is -0.314 e. The van der Waals surface area contributed by atoms with E-state index >= 15 is 0 Å². The summed E-state index contributed by atoms with van der Waals surface area (Å²) in [6.45, 7) is 5.60. The van der Waals surface area contributed by atoms with Gasteiger partial charge in [0, 0.05) is 31.1 Å². The lowest BCUT2D eigenvalue weighted by atomic mass is 9.64. The first-order valence-electron chi connectivity index (χ1n) is 6.80. The predicted molar refractivity (Wildman–Crippen MR) is 71.4 cm³/mol. The SMILES string of the molecule is Cc1ccc(C2(CNC3CNC3)CCC2)cc1. The summed E-state index contributed by atoms with van der Waals surface area (Å²) in [4.78, 5) is 0. The Balaban J connectivity index is 1.69. The van der Waals surface area contributed by atoms with E-state index in [1.54, 1.807) is 0 Å². The van der Waals surface area contributed by atoms with Crippen LogP contribution in [0.15, 0.2) is 24.3 Å². The van der Waals surface area contributed by atoms with E-state index in [0.717, 1.165) is 19.6 Å². The van der Waals surface area contributed by atoms with Crippen molar-refractivity contribution < 1.29 is 0 Å². The van der Waals surface area contributed by atoms with Crippen LogP contribution < -0.4 is 10.6 Å². The molecule has 92 valence electrons. The van der Waals surface area contributed by atoms with Gasteiger partial charge >= 0.3 is 0 Å². The van der Waals surface area contributed by atoms with Crippen molar-refractivity contribution in [3.63, 3.8) is 0 Å². The van der Waals surface area contributed by atoms with Gasteiger partial charge in [0.05, 0.1) is 0 Å². The van der Waals surface area contributed by atoms with Crippen molar-refractivity contribution in [2.45, 2.75) is 37.6 Å². The first-order chi connectivity index (χ1) is 8.28. The van der Waals surface area contributed by atoms with Crippen molar-refractivity contribution in [3.8, 4) is 0 Å². The normalized spacial score (nSPS) is 22.9. The van der Waals surface area contributed by atoms with E-state index < -0.39 is 0 Å². The van der Waals surface area contributed by atoms with Crippen molar-refractivity contribution in [1.29, 1.82) is 0 Å². The molecule has 0 bridgehead atoms. The highest BCUT2D eigenvalue weighted by Crippen LogP contribution is 2.43. The topological polar surface area (TPSA) is 24.1 Å². The fraction of sp³-hybridized carbons (Fsp3) is 0.600. The number of hydrogen-bond acceptors (Lipinski definition) is 2. The second-order valence-corrected chi connectivity index (χ2v) is 5.74. The van der Waals surface area contributed by atoms with Crippen molar-refractivity contribution in [3.05, 3.63) is 35.4 Å². The fourth-order valence-corrected chi connectivity index (χ4v) is 2.85. The van der Waals surface area contributed by atoms with Crippen molar-refractivity contribution in [1.82, 2.24) is 10.6 Å². The zero-order valence-electron chi connectivity index (χ0n) is 10.6. The molecule has 2 nitrogen and oxygen atoms in total. The second kappa shape index (κ2) is 4.43. The van der Waals surface area contributed by atoms with Crippen LogP contribution in [-0.4, -0.2) is 25.7 Å². The minimum absolute atomic E-state index is 0.434. The van der Waals surface area contributed by atoms with Gasteiger partial charge in [0.15, 0.2) is 0 Å². The first-order valence-corrected chi connectivity index (χ1v) is 6.80. The Labute approximate surface area is 104 Å². The van der Waals surface area contributed by atoms with Gasteiger partial charge in [-0.3, -0.25) is 0 Å². The summed E-state index contributed by atoms with van der Waals surface area (Å²) in [6.07, 6.45) is 4.09. The van der Waals surface area contributed by atoms with Crippen LogP contribution in [-0.2, 0) is 5.41 Å². The average molecular weight is 230 g/mol. The fourth-order valence-electron chi connectivity index (χ4n) is 2.85. The summed E-state index contributed by atoms with van der Waals surface area (Å²) in [7, 11) is 0. The molecule has 2 fully saturated rings. The standard InChI is InChI=1S/C15H22N2/c1-12-3-5-13(6-4-12)15(7-2-8-15)11-17-14-9-16-10-14/h3-6,14,16-17H,2,7-11H2,1H3. The molecule has 2 N–H and O–H groups in total. The molecule has 0 amide bonds. The van der Waals surface area contributed by atoms with E-state index in [-0.39, 0.29) is 0 Å². The van der Waals surface area contributed by atoms with Gasteiger partial charge in [-0.2, -0.15) is 0 Å². The maximum absolute atomic E-state index is 3.71. The predicted octanol–water partition coefficient (Wildman–Crippen LogP) is 1.98. The maximum atomic E-state index is 3.71. The largest absolute Gasteiger partial charge is 0.314 e. The monoisotopic (exact) mass is 230 g/mol. The molecule has 1 heterocycles. The van der Waals surface area contributed by atoms with Crippen LogP contribution in [0.4, 0.5) is 0 Å². The lowest BCUT2D eigenvalue weighted by Crippen LogP contribution is -2.58. The smallest absolute Gasteiger partial charge is 0.0317 e. The summed E-state index contributed by atoms with van der Waals surface area (Å²) in [5, 5.41) is 7.03. The first kappa shape index (κ1) is 11.2. The van der Waals surface area contributed by atoms with Crippen LogP contribution >= 0.6 is 0 Å². The number of nitrogens with one attached hydrogen (secondary N) is 2. The Morgan fingerprint density at radius 3 is 2.41 bits per heavy atom. The summed E-state index contributed by atoms with van der Waals surface area (Å²) in [6, 6.07) is 9.86. The molecule has 1 aliphatic heterocycles. The van der Waals surface area contributed by atoms with Crippen LogP contribution in [0.3, 0.4) is 0 Å². The molecule has 0 aromatic heterocycles. The highest BCUT2D eigenvalue weighted by Gasteiger charge is 2.38. The van der Waals surface area contributed by atoms with E-state index in [1.807, 2.05) is 0 Å². The van der Waals surface area contributed by atoms with Gasteiger partial charge in [0.25, 0.3) is 0 Å². The third-order valence-corrected chi connectivity index (χ3v) is 4.49. The molecule has 1 aromatic carbocycles. The van der Waals surface area contributed by atoms with E-state index in [9.17, 15) is 0 Å². The molecule has 0 unspecified atom stereocenters. The van der Waals surface area contributed by atoms with Gasteiger partial charge < -0.3 is 10.6 Å². The Bertz CT molecular complexity index is 374. The molecule has 0 atom stereocenters. The second-order valence-electron chi connectivity index (χ2n) is 5.74. The van der Waals surface area contributed by atoms with Crippen molar-refractivity contribution >= 4 is 0 Å². The Morgan fingerprint density at radius 2 is 1.94 bits per heavy atom. The van der Waals surface area contributed by atoms with Gasteiger partial charge in [0.1, 0.15) is 0 Å². The molecule has 1 saturated heterocycles. The molecular formula is C15H22N2. The van der Waals surface area contributed by atoms with Crippen molar-refractivity contribution in [2.24, 2.45) is 0 Å². The third kappa shape index (κ3) is 2.12. The zero-order chi connectivity index (χ0) is 11.7. The van der Waals surface area contributed by atoms with Gasteiger partial charge in [-0.15, -0.1) is 0 Å². The van der Waals surface area contributed by atoms with Crippen LogP contribution in [0.25, 0.3) is 0 Å². The van der Waals surface area contributed by atoms with E-state index in [0.29, 0.717) is 11.5 Å². The molecule has 0 radical (unpaired) electrons. The quantitative estimate of drug-likeness (QED) is 0.826. The maximum Gasteiger partial charge on any atom is 0.0317 e. The molecule has 1 aromatic rings. The Kier molecular flexibility index (Phi) is 2.93. The highest BCUT2D eigenvalue weighted by atomic mass is 15.1. The summed E-state index contributed by atoms with van der Waals surface area (Å²) >= 11 is 0. The van der Waals surface area contributed by atoms with Gasteiger partial charge in [-0.05, 0) is 25.3 Å². The molecule has 17 heavy (non-hydrogen) atoms. The molecule has 2 heteroatoms. The van der Waals surface area contributed by atoms with Gasteiger partial charge in [-0.25, -0.2) is 0 Å². The van der Waals surface area contributed by atoms with Crippen LogP contribution in [0, 0.1) is 6.92 Å². The van der Waals surface area contributed by atoms with E-state index in [1.165, 1.54) is 30.4 Å². The minimum atomic E-state index is 0.434. The van der Waals surface area contributed by atoms with Crippen molar-refractivity contribution in [2.75, 3.05) is 19.6 Å². The van der Waals surface area contributed by atoms with Crippen LogP contribution in [0.2, 0.25) is 0 Å². The summed E-state index contributed by atoms with van der Waals surface area (Å²) in [5.41, 5.74) is 3.33. The van der Waals surface area contributed by atoms with Crippen LogP contribution in [0.1, 0.15) is 30.4 Å². The number of benzene rings is 1. The summed E-state index contributed by atoms with van der Waals surface area (Å²) in [5.74, 6) is 0. The molecule has 0 spiro atoms. The average Bonchev–Trinajstić information content (AvgIpc) is 2.21. The third-order valence-electron chi connectivity index (χ3n) is 4.49. The molecule has 1 aliphatic carbocycles.